The molecule has 8 heteroatoms. The van der Waals surface area contributed by atoms with Crippen molar-refractivity contribution >= 4 is 44.6 Å². The fourth-order valence-corrected chi connectivity index (χ4v) is 3.25. The van der Waals surface area contributed by atoms with Gasteiger partial charge in [0.05, 0.1) is 10.2 Å². The van der Waals surface area contributed by atoms with Gasteiger partial charge >= 0.3 is 5.97 Å². The Labute approximate surface area is 152 Å². The number of hydrogen-bond donors (Lipinski definition) is 1. The highest BCUT2D eigenvalue weighted by atomic mass is 79.9. The van der Waals surface area contributed by atoms with Crippen molar-refractivity contribution in [3.05, 3.63) is 46.2 Å². The number of benzene rings is 1. The molecule has 0 spiro atoms. The molecular weight excluding hydrogens is 390 g/mol. The zero-order valence-corrected chi connectivity index (χ0v) is 15.5. The van der Waals surface area contributed by atoms with Crippen molar-refractivity contribution in [1.29, 1.82) is 0 Å². The standard InChI is InChI=1S/C17H16BrN3O4/c1-9-8-13(25-20-9)19-16(22)10(2)24-17(23)15-14(18)11-6-4-5-7-12(11)21(15)3/h4-8,10H,1-3H3,(H,19,22)/t10-/m0/s1. The van der Waals surface area contributed by atoms with Crippen LogP contribution < -0.4 is 5.32 Å². The number of anilines is 1. The monoisotopic (exact) mass is 405 g/mol. The number of ether oxygens (including phenoxy) is 1. The first-order valence-corrected chi connectivity index (χ1v) is 8.36. The van der Waals surface area contributed by atoms with Gasteiger partial charge in [0.1, 0.15) is 5.69 Å². The summed E-state index contributed by atoms with van der Waals surface area (Å²) < 4.78 is 12.6. The number of esters is 1. The lowest BCUT2D eigenvalue weighted by molar-refractivity contribution is -0.124. The molecule has 0 aliphatic rings. The van der Waals surface area contributed by atoms with E-state index in [2.05, 4.69) is 26.4 Å². The van der Waals surface area contributed by atoms with Crippen LogP contribution in [0.4, 0.5) is 5.88 Å². The summed E-state index contributed by atoms with van der Waals surface area (Å²) in [7, 11) is 1.77. The first-order valence-electron chi connectivity index (χ1n) is 7.56. The van der Waals surface area contributed by atoms with E-state index in [0.29, 0.717) is 15.9 Å². The molecule has 130 valence electrons. The van der Waals surface area contributed by atoms with Gasteiger partial charge in [-0.15, -0.1) is 0 Å². The molecule has 0 saturated heterocycles. The summed E-state index contributed by atoms with van der Waals surface area (Å²) in [5, 5.41) is 7.08. The van der Waals surface area contributed by atoms with Gasteiger partial charge in [0.2, 0.25) is 5.88 Å². The highest BCUT2D eigenvalue weighted by Crippen LogP contribution is 2.30. The molecule has 3 rings (SSSR count). The number of carbonyl (C=O) groups is 2. The lowest BCUT2D eigenvalue weighted by Gasteiger charge is -2.13. The van der Waals surface area contributed by atoms with E-state index in [1.165, 1.54) is 6.92 Å². The Balaban J connectivity index is 1.76. The summed E-state index contributed by atoms with van der Waals surface area (Å²) in [6.45, 7) is 3.23. The first-order chi connectivity index (χ1) is 11.9. The Hall–Kier alpha value is -2.61. The molecule has 3 aromatic rings. The Kier molecular flexibility index (Phi) is 4.63. The number of hydrogen-bond acceptors (Lipinski definition) is 5. The second kappa shape index (κ2) is 6.72. The van der Waals surface area contributed by atoms with Gasteiger partial charge in [-0.05, 0) is 35.8 Å². The molecule has 0 fully saturated rings. The summed E-state index contributed by atoms with van der Waals surface area (Å²) in [4.78, 5) is 24.7. The number of rotatable bonds is 4. The van der Waals surface area contributed by atoms with E-state index in [-0.39, 0.29) is 5.88 Å². The van der Waals surface area contributed by atoms with Gasteiger partial charge in [0, 0.05) is 24.0 Å². The van der Waals surface area contributed by atoms with Gasteiger partial charge in [0.15, 0.2) is 6.10 Å². The lowest BCUT2D eigenvalue weighted by atomic mass is 10.2. The van der Waals surface area contributed by atoms with Crippen LogP contribution in [0.15, 0.2) is 39.3 Å². The number of fused-ring (bicyclic) bond motifs is 1. The third-order valence-electron chi connectivity index (χ3n) is 3.77. The topological polar surface area (TPSA) is 86.4 Å². The fourth-order valence-electron chi connectivity index (χ4n) is 2.49. The maximum Gasteiger partial charge on any atom is 0.356 e. The highest BCUT2D eigenvalue weighted by molar-refractivity contribution is 9.10. The average Bonchev–Trinajstić information content (AvgIpc) is 3.09. The third kappa shape index (κ3) is 3.30. The minimum Gasteiger partial charge on any atom is -0.448 e. The van der Waals surface area contributed by atoms with Crippen LogP contribution in [0.1, 0.15) is 23.1 Å². The molecule has 1 amide bonds. The van der Waals surface area contributed by atoms with Crippen molar-refractivity contribution in [2.24, 2.45) is 7.05 Å². The molecule has 0 aliphatic carbocycles. The number of aryl methyl sites for hydroxylation is 2. The summed E-state index contributed by atoms with van der Waals surface area (Å²) in [5.74, 6) is -0.891. The molecule has 2 aromatic heterocycles. The number of para-hydroxylation sites is 1. The molecule has 1 N–H and O–H groups in total. The third-order valence-corrected chi connectivity index (χ3v) is 4.57. The van der Waals surface area contributed by atoms with E-state index < -0.39 is 18.0 Å². The molecule has 0 aliphatic heterocycles. The predicted molar refractivity (Wildman–Crippen MR) is 95.4 cm³/mol. The first kappa shape index (κ1) is 17.2. The average molecular weight is 406 g/mol. The van der Waals surface area contributed by atoms with Crippen LogP contribution >= 0.6 is 15.9 Å². The van der Waals surface area contributed by atoms with Crippen LogP contribution in [0.25, 0.3) is 10.9 Å². The van der Waals surface area contributed by atoms with Crippen LogP contribution in [-0.2, 0) is 16.6 Å². The lowest BCUT2D eigenvalue weighted by Crippen LogP contribution is -2.30. The quantitative estimate of drug-likeness (QED) is 0.671. The zero-order valence-electron chi connectivity index (χ0n) is 13.9. The molecule has 2 heterocycles. The summed E-state index contributed by atoms with van der Waals surface area (Å²) in [6.07, 6.45) is -0.997. The Morgan fingerprint density at radius 3 is 2.72 bits per heavy atom. The molecule has 7 nitrogen and oxygen atoms in total. The summed E-state index contributed by atoms with van der Waals surface area (Å²) >= 11 is 3.44. The van der Waals surface area contributed by atoms with Gasteiger partial charge in [0.25, 0.3) is 5.91 Å². The predicted octanol–water partition coefficient (Wildman–Crippen LogP) is 3.42. The SMILES string of the molecule is Cc1cc(NC(=O)[C@H](C)OC(=O)c2c(Br)c3ccccc3n2C)on1. The smallest absolute Gasteiger partial charge is 0.356 e. The number of aromatic nitrogens is 2. The number of nitrogens with one attached hydrogen (secondary N) is 1. The van der Waals surface area contributed by atoms with E-state index in [1.807, 2.05) is 24.3 Å². The van der Waals surface area contributed by atoms with Crippen molar-refractivity contribution in [2.45, 2.75) is 20.0 Å². The van der Waals surface area contributed by atoms with Crippen LogP contribution in [0.2, 0.25) is 0 Å². The molecule has 0 radical (unpaired) electrons. The van der Waals surface area contributed by atoms with E-state index in [9.17, 15) is 9.59 Å². The van der Waals surface area contributed by atoms with Crippen LogP contribution in [0.3, 0.4) is 0 Å². The summed E-state index contributed by atoms with van der Waals surface area (Å²) in [5.41, 5.74) is 1.87. The minimum atomic E-state index is -0.997. The molecule has 0 unspecified atom stereocenters. The Bertz CT molecular complexity index is 921. The number of nitrogens with zero attached hydrogens (tertiary/aromatic N) is 2. The van der Waals surface area contributed by atoms with E-state index in [4.69, 9.17) is 9.26 Å². The van der Waals surface area contributed by atoms with Crippen molar-refractivity contribution in [2.75, 3.05) is 5.32 Å². The Morgan fingerprint density at radius 1 is 1.36 bits per heavy atom. The number of amides is 1. The maximum atomic E-state index is 12.5. The van der Waals surface area contributed by atoms with Crippen molar-refractivity contribution in [1.82, 2.24) is 9.72 Å². The second-order valence-electron chi connectivity index (χ2n) is 5.61. The largest absolute Gasteiger partial charge is 0.448 e. The number of carbonyl (C=O) groups excluding carboxylic acids is 2. The summed E-state index contributed by atoms with van der Waals surface area (Å²) in [6, 6.07) is 9.15. The molecular formula is C17H16BrN3O4. The molecule has 0 saturated carbocycles. The number of halogens is 1. The van der Waals surface area contributed by atoms with E-state index in [1.54, 1.807) is 24.6 Å². The van der Waals surface area contributed by atoms with Gasteiger partial charge in [-0.25, -0.2) is 4.79 Å². The van der Waals surface area contributed by atoms with Gasteiger partial charge in [-0.2, -0.15) is 0 Å². The molecule has 25 heavy (non-hydrogen) atoms. The van der Waals surface area contributed by atoms with Crippen molar-refractivity contribution in [3.8, 4) is 0 Å². The highest BCUT2D eigenvalue weighted by Gasteiger charge is 2.25. The maximum absolute atomic E-state index is 12.5. The van der Waals surface area contributed by atoms with Gasteiger partial charge in [-0.1, -0.05) is 23.4 Å². The molecule has 1 atom stereocenters. The van der Waals surface area contributed by atoms with Gasteiger partial charge < -0.3 is 13.8 Å². The Morgan fingerprint density at radius 2 is 2.08 bits per heavy atom. The van der Waals surface area contributed by atoms with E-state index in [0.717, 1.165) is 10.9 Å². The molecule has 0 bridgehead atoms. The van der Waals surface area contributed by atoms with Crippen LogP contribution in [0, 0.1) is 6.92 Å². The van der Waals surface area contributed by atoms with Crippen molar-refractivity contribution < 1.29 is 18.8 Å². The van der Waals surface area contributed by atoms with Crippen molar-refractivity contribution in [3.63, 3.8) is 0 Å². The zero-order chi connectivity index (χ0) is 18.1. The normalized spacial score (nSPS) is 12.2. The van der Waals surface area contributed by atoms with E-state index >= 15 is 0 Å². The fraction of sp³-hybridized carbons (Fsp3) is 0.235. The second-order valence-corrected chi connectivity index (χ2v) is 6.40. The minimum absolute atomic E-state index is 0.205. The van der Waals surface area contributed by atoms with Crippen LogP contribution in [-0.4, -0.2) is 27.7 Å². The van der Waals surface area contributed by atoms with Gasteiger partial charge in [-0.3, -0.25) is 10.1 Å². The molecule has 1 aromatic carbocycles. The van der Waals surface area contributed by atoms with Crippen LogP contribution in [0.5, 0.6) is 0 Å².